The molecule has 1 aromatic carbocycles. The van der Waals surface area contributed by atoms with Crippen molar-refractivity contribution in [2.24, 2.45) is 5.92 Å². The van der Waals surface area contributed by atoms with Crippen molar-refractivity contribution in [1.29, 1.82) is 0 Å². The molecule has 1 aliphatic rings. The molecule has 3 nitrogen and oxygen atoms in total. The van der Waals surface area contributed by atoms with Crippen molar-refractivity contribution in [3.8, 4) is 0 Å². The van der Waals surface area contributed by atoms with Gasteiger partial charge in [-0.25, -0.2) is 0 Å². The summed E-state index contributed by atoms with van der Waals surface area (Å²) in [6.07, 6.45) is 0.625. The number of benzene rings is 1. The molecule has 0 bridgehead atoms. The lowest BCUT2D eigenvalue weighted by Gasteiger charge is -2.17. The number of amides is 1. The summed E-state index contributed by atoms with van der Waals surface area (Å²) in [7, 11) is 1.92. The van der Waals surface area contributed by atoms with E-state index >= 15 is 0 Å². The van der Waals surface area contributed by atoms with Crippen molar-refractivity contribution < 1.29 is 4.79 Å². The molecule has 0 aliphatic carbocycles. The van der Waals surface area contributed by atoms with Crippen LogP contribution in [0.4, 0.5) is 5.69 Å². The zero-order chi connectivity index (χ0) is 12.3. The van der Waals surface area contributed by atoms with Gasteiger partial charge in [-0.3, -0.25) is 4.79 Å². The van der Waals surface area contributed by atoms with Crippen LogP contribution < -0.4 is 10.2 Å². The van der Waals surface area contributed by atoms with Gasteiger partial charge < -0.3 is 10.2 Å². The minimum Gasteiger partial charge on any atom is -0.316 e. The van der Waals surface area contributed by atoms with Crippen molar-refractivity contribution in [3.63, 3.8) is 0 Å². The summed E-state index contributed by atoms with van der Waals surface area (Å²) in [4.78, 5) is 13.8. The van der Waals surface area contributed by atoms with Gasteiger partial charge in [0.05, 0.1) is 0 Å². The van der Waals surface area contributed by atoms with Gasteiger partial charge in [0.1, 0.15) is 0 Å². The molecule has 92 valence electrons. The zero-order valence-corrected chi connectivity index (χ0v) is 10.9. The van der Waals surface area contributed by atoms with E-state index in [0.29, 0.717) is 12.3 Å². The van der Waals surface area contributed by atoms with Crippen LogP contribution in [-0.4, -0.2) is 25.3 Å². The van der Waals surface area contributed by atoms with Gasteiger partial charge >= 0.3 is 0 Å². The molecule has 1 aliphatic heterocycles. The largest absolute Gasteiger partial charge is 0.316 e. The van der Waals surface area contributed by atoms with Crippen LogP contribution in [0.2, 0.25) is 0 Å². The molecule has 1 saturated heterocycles. The molecule has 0 saturated carbocycles. The minimum atomic E-state index is 0.214. The standard InChI is InChI=1S/C13H18N2OS/c1-14-7-10-3-2-4-12(5-10)15-8-11(9-17)6-13(15)16/h2-5,11,14,17H,6-9H2,1H3. The second-order valence-electron chi connectivity index (χ2n) is 4.46. The van der Waals surface area contributed by atoms with Crippen molar-refractivity contribution in [3.05, 3.63) is 29.8 Å². The maximum Gasteiger partial charge on any atom is 0.227 e. The van der Waals surface area contributed by atoms with Crippen LogP contribution in [0.15, 0.2) is 24.3 Å². The SMILES string of the molecule is CNCc1cccc(N2CC(CS)CC2=O)c1. The van der Waals surface area contributed by atoms with Crippen LogP contribution in [0.1, 0.15) is 12.0 Å². The average Bonchev–Trinajstić information content (AvgIpc) is 2.71. The van der Waals surface area contributed by atoms with Gasteiger partial charge in [0.2, 0.25) is 5.91 Å². The Kier molecular flexibility index (Phi) is 4.07. The Bertz CT molecular complexity index is 408. The molecular formula is C13H18N2OS. The molecule has 1 N–H and O–H groups in total. The number of nitrogens with one attached hydrogen (secondary N) is 1. The lowest BCUT2D eigenvalue weighted by atomic mass is 10.1. The number of carbonyl (C=O) groups is 1. The van der Waals surface area contributed by atoms with E-state index in [0.717, 1.165) is 24.5 Å². The topological polar surface area (TPSA) is 32.3 Å². The Morgan fingerprint density at radius 1 is 1.53 bits per heavy atom. The number of thiol groups is 1. The van der Waals surface area contributed by atoms with E-state index in [2.05, 4.69) is 30.1 Å². The van der Waals surface area contributed by atoms with Gasteiger partial charge in [-0.1, -0.05) is 12.1 Å². The first kappa shape index (κ1) is 12.5. The Morgan fingerprint density at radius 2 is 2.35 bits per heavy atom. The first-order chi connectivity index (χ1) is 8.24. The third-order valence-corrected chi connectivity index (χ3v) is 3.58. The fourth-order valence-electron chi connectivity index (χ4n) is 2.19. The van der Waals surface area contributed by atoms with E-state index in [-0.39, 0.29) is 5.91 Å². The summed E-state index contributed by atoms with van der Waals surface area (Å²) in [5.74, 6) is 1.38. The molecule has 1 fully saturated rings. The molecule has 0 radical (unpaired) electrons. The summed E-state index contributed by atoms with van der Waals surface area (Å²) < 4.78 is 0. The number of carbonyl (C=O) groups excluding carboxylic acids is 1. The van der Waals surface area contributed by atoms with Crippen LogP contribution >= 0.6 is 12.6 Å². The van der Waals surface area contributed by atoms with Crippen molar-refractivity contribution >= 4 is 24.2 Å². The highest BCUT2D eigenvalue weighted by atomic mass is 32.1. The lowest BCUT2D eigenvalue weighted by molar-refractivity contribution is -0.117. The normalized spacial score (nSPS) is 20.0. The van der Waals surface area contributed by atoms with Gasteiger partial charge in [0.25, 0.3) is 0 Å². The van der Waals surface area contributed by atoms with Crippen LogP contribution in [0.5, 0.6) is 0 Å². The summed E-state index contributed by atoms with van der Waals surface area (Å²) in [5.41, 5.74) is 2.21. The van der Waals surface area contributed by atoms with E-state index in [4.69, 9.17) is 0 Å². The highest BCUT2D eigenvalue weighted by Crippen LogP contribution is 2.26. The fourth-order valence-corrected chi connectivity index (χ4v) is 2.44. The predicted octanol–water partition coefficient (Wildman–Crippen LogP) is 1.69. The predicted molar refractivity (Wildman–Crippen MR) is 73.5 cm³/mol. The van der Waals surface area contributed by atoms with E-state index in [1.165, 1.54) is 5.56 Å². The molecule has 0 spiro atoms. The molecule has 1 atom stereocenters. The maximum absolute atomic E-state index is 11.9. The van der Waals surface area contributed by atoms with E-state index in [9.17, 15) is 4.79 Å². The van der Waals surface area contributed by atoms with Crippen LogP contribution in [0.3, 0.4) is 0 Å². The molecule has 0 aromatic heterocycles. The molecule has 1 unspecified atom stereocenters. The molecule has 4 heteroatoms. The second-order valence-corrected chi connectivity index (χ2v) is 4.82. The number of hydrogen-bond acceptors (Lipinski definition) is 3. The smallest absolute Gasteiger partial charge is 0.227 e. The Labute approximate surface area is 108 Å². The minimum absolute atomic E-state index is 0.214. The van der Waals surface area contributed by atoms with Crippen molar-refractivity contribution in [2.45, 2.75) is 13.0 Å². The molecule has 17 heavy (non-hydrogen) atoms. The van der Waals surface area contributed by atoms with Crippen LogP contribution in [0, 0.1) is 5.92 Å². The van der Waals surface area contributed by atoms with E-state index < -0.39 is 0 Å². The molecule has 2 rings (SSSR count). The monoisotopic (exact) mass is 250 g/mol. The van der Waals surface area contributed by atoms with Gasteiger partial charge in [-0.05, 0) is 36.4 Å². The highest BCUT2D eigenvalue weighted by Gasteiger charge is 2.29. The van der Waals surface area contributed by atoms with Gasteiger partial charge in [-0.2, -0.15) is 12.6 Å². The summed E-state index contributed by atoms with van der Waals surface area (Å²) >= 11 is 4.27. The summed E-state index contributed by atoms with van der Waals surface area (Å²) in [6.45, 7) is 1.62. The zero-order valence-electron chi connectivity index (χ0n) is 10.0. The molecular weight excluding hydrogens is 232 g/mol. The third kappa shape index (κ3) is 2.82. The average molecular weight is 250 g/mol. The Morgan fingerprint density at radius 3 is 3.00 bits per heavy atom. The number of rotatable bonds is 4. The highest BCUT2D eigenvalue weighted by molar-refractivity contribution is 7.80. The van der Waals surface area contributed by atoms with E-state index in [1.807, 2.05) is 24.1 Å². The Balaban J connectivity index is 2.16. The quantitative estimate of drug-likeness (QED) is 0.797. The first-order valence-electron chi connectivity index (χ1n) is 5.89. The number of hydrogen-bond donors (Lipinski definition) is 2. The first-order valence-corrected chi connectivity index (χ1v) is 6.52. The molecule has 1 amide bonds. The Hall–Kier alpha value is -1.00. The second kappa shape index (κ2) is 5.56. The van der Waals surface area contributed by atoms with Crippen LogP contribution in [-0.2, 0) is 11.3 Å². The number of anilines is 1. The fraction of sp³-hybridized carbons (Fsp3) is 0.462. The van der Waals surface area contributed by atoms with Gasteiger partial charge in [0.15, 0.2) is 0 Å². The van der Waals surface area contributed by atoms with Gasteiger partial charge in [0, 0.05) is 25.2 Å². The van der Waals surface area contributed by atoms with E-state index in [1.54, 1.807) is 0 Å². The van der Waals surface area contributed by atoms with Crippen molar-refractivity contribution in [2.75, 3.05) is 24.2 Å². The molecule has 1 heterocycles. The van der Waals surface area contributed by atoms with Crippen molar-refractivity contribution in [1.82, 2.24) is 5.32 Å². The van der Waals surface area contributed by atoms with Gasteiger partial charge in [-0.15, -0.1) is 0 Å². The third-order valence-electron chi connectivity index (χ3n) is 3.07. The maximum atomic E-state index is 11.9. The lowest BCUT2D eigenvalue weighted by Crippen LogP contribution is -2.24. The summed E-state index contributed by atoms with van der Waals surface area (Å²) in [6, 6.07) is 8.15. The number of nitrogens with zero attached hydrogens (tertiary/aromatic N) is 1. The summed E-state index contributed by atoms with van der Waals surface area (Å²) in [5, 5.41) is 3.12. The van der Waals surface area contributed by atoms with Crippen LogP contribution in [0.25, 0.3) is 0 Å². The molecule has 1 aromatic rings.